The molecule has 1 aliphatic rings. The summed E-state index contributed by atoms with van der Waals surface area (Å²) in [5.74, 6) is 0.345. The summed E-state index contributed by atoms with van der Waals surface area (Å²) in [6, 6.07) is 11.3. The van der Waals surface area contributed by atoms with Crippen LogP contribution in [0.3, 0.4) is 0 Å². The van der Waals surface area contributed by atoms with Crippen LogP contribution in [0, 0.1) is 5.92 Å². The zero-order valence-corrected chi connectivity index (χ0v) is 10.3. The molecule has 16 heavy (non-hydrogen) atoms. The number of hydrogen-bond acceptors (Lipinski definition) is 2. The molecular weight excluding hydrogens is 198 g/mol. The third-order valence-corrected chi connectivity index (χ3v) is 3.55. The van der Waals surface area contributed by atoms with Crippen molar-refractivity contribution >= 4 is 0 Å². The van der Waals surface area contributed by atoms with E-state index >= 15 is 0 Å². The summed E-state index contributed by atoms with van der Waals surface area (Å²) in [4.78, 5) is 2.36. The zero-order valence-electron chi connectivity index (χ0n) is 10.3. The van der Waals surface area contributed by atoms with Crippen molar-refractivity contribution in [3.63, 3.8) is 0 Å². The molecule has 0 bridgehead atoms. The second-order valence-electron chi connectivity index (χ2n) is 5.09. The van der Waals surface area contributed by atoms with Crippen molar-refractivity contribution in [3.8, 4) is 0 Å². The molecule has 1 aromatic carbocycles. The van der Waals surface area contributed by atoms with Crippen LogP contribution in [0.1, 0.15) is 32.4 Å². The van der Waals surface area contributed by atoms with Crippen LogP contribution in [0.2, 0.25) is 0 Å². The third-order valence-electron chi connectivity index (χ3n) is 3.55. The molecular formula is C14H21NO. The lowest BCUT2D eigenvalue weighted by Gasteiger charge is -2.18. The predicted molar refractivity (Wildman–Crippen MR) is 66.2 cm³/mol. The van der Waals surface area contributed by atoms with Crippen LogP contribution in [-0.4, -0.2) is 28.7 Å². The van der Waals surface area contributed by atoms with Crippen molar-refractivity contribution in [1.29, 1.82) is 0 Å². The van der Waals surface area contributed by atoms with Gasteiger partial charge in [0.15, 0.2) is 0 Å². The van der Waals surface area contributed by atoms with E-state index < -0.39 is 0 Å². The normalized spacial score (nSPS) is 27.8. The van der Waals surface area contributed by atoms with Crippen LogP contribution in [0.4, 0.5) is 0 Å². The number of nitrogens with zero attached hydrogens (tertiary/aromatic N) is 1. The molecule has 88 valence electrons. The molecule has 4 atom stereocenters. The van der Waals surface area contributed by atoms with E-state index in [2.05, 4.69) is 49.9 Å². The van der Waals surface area contributed by atoms with E-state index in [4.69, 9.17) is 0 Å². The molecule has 4 unspecified atom stereocenters. The SMILES string of the molecule is CC(C)C(O)C1CN1C(C)c1ccccc1. The molecule has 2 heteroatoms. The minimum atomic E-state index is -0.189. The molecule has 0 saturated carbocycles. The summed E-state index contributed by atoms with van der Waals surface area (Å²) in [5.41, 5.74) is 1.33. The summed E-state index contributed by atoms with van der Waals surface area (Å²) in [5, 5.41) is 9.99. The van der Waals surface area contributed by atoms with Crippen LogP contribution in [-0.2, 0) is 0 Å². The third kappa shape index (κ3) is 2.28. The lowest BCUT2D eigenvalue weighted by Crippen LogP contribution is -2.25. The Kier molecular flexibility index (Phi) is 3.31. The van der Waals surface area contributed by atoms with Gasteiger partial charge >= 0.3 is 0 Å². The molecule has 2 rings (SSSR count). The molecule has 1 heterocycles. The fourth-order valence-electron chi connectivity index (χ4n) is 2.29. The lowest BCUT2D eigenvalue weighted by molar-refractivity contribution is 0.104. The molecule has 1 saturated heterocycles. The summed E-state index contributed by atoms with van der Waals surface area (Å²) in [7, 11) is 0. The second-order valence-corrected chi connectivity index (χ2v) is 5.09. The first-order valence-corrected chi connectivity index (χ1v) is 6.10. The van der Waals surface area contributed by atoms with E-state index in [1.165, 1.54) is 5.56 Å². The van der Waals surface area contributed by atoms with E-state index in [0.717, 1.165) is 6.54 Å². The van der Waals surface area contributed by atoms with Gasteiger partial charge in [-0.25, -0.2) is 0 Å². The van der Waals surface area contributed by atoms with Gasteiger partial charge in [-0.3, -0.25) is 4.90 Å². The highest BCUT2D eigenvalue weighted by Crippen LogP contribution is 2.35. The van der Waals surface area contributed by atoms with E-state index in [9.17, 15) is 5.11 Å². The Balaban J connectivity index is 1.97. The molecule has 1 fully saturated rings. The summed E-state index contributed by atoms with van der Waals surface area (Å²) in [6.45, 7) is 7.39. The molecule has 2 nitrogen and oxygen atoms in total. The van der Waals surface area contributed by atoms with Gasteiger partial charge in [0.2, 0.25) is 0 Å². The number of aliphatic hydroxyl groups excluding tert-OH is 1. The van der Waals surface area contributed by atoms with Gasteiger partial charge < -0.3 is 5.11 Å². The van der Waals surface area contributed by atoms with Crippen LogP contribution < -0.4 is 0 Å². The van der Waals surface area contributed by atoms with Crippen molar-refractivity contribution in [2.75, 3.05) is 6.54 Å². The number of hydrogen-bond donors (Lipinski definition) is 1. The molecule has 0 radical (unpaired) electrons. The summed E-state index contributed by atoms with van der Waals surface area (Å²) in [6.07, 6.45) is -0.189. The Hall–Kier alpha value is -0.860. The average molecular weight is 219 g/mol. The first-order valence-electron chi connectivity index (χ1n) is 6.10. The Bertz CT molecular complexity index is 336. The maximum absolute atomic E-state index is 9.99. The van der Waals surface area contributed by atoms with E-state index in [1.54, 1.807) is 0 Å². The van der Waals surface area contributed by atoms with Crippen molar-refractivity contribution in [3.05, 3.63) is 35.9 Å². The number of aliphatic hydroxyl groups is 1. The van der Waals surface area contributed by atoms with Crippen molar-refractivity contribution in [1.82, 2.24) is 4.90 Å². The minimum Gasteiger partial charge on any atom is -0.391 e. The molecule has 1 N–H and O–H groups in total. The fraction of sp³-hybridized carbons (Fsp3) is 0.571. The largest absolute Gasteiger partial charge is 0.391 e. The van der Waals surface area contributed by atoms with Crippen molar-refractivity contribution in [2.24, 2.45) is 5.92 Å². The average Bonchev–Trinajstić information content (AvgIpc) is 3.08. The predicted octanol–water partition coefficient (Wildman–Crippen LogP) is 2.45. The highest BCUT2D eigenvalue weighted by atomic mass is 16.3. The van der Waals surface area contributed by atoms with Gasteiger partial charge in [0.05, 0.1) is 6.10 Å². The molecule has 1 aliphatic heterocycles. The molecule has 0 aliphatic carbocycles. The van der Waals surface area contributed by atoms with E-state index in [-0.39, 0.29) is 6.10 Å². The van der Waals surface area contributed by atoms with Crippen LogP contribution >= 0.6 is 0 Å². The van der Waals surface area contributed by atoms with Gasteiger partial charge in [0.25, 0.3) is 0 Å². The van der Waals surface area contributed by atoms with E-state index in [0.29, 0.717) is 18.0 Å². The number of benzene rings is 1. The van der Waals surface area contributed by atoms with Crippen molar-refractivity contribution < 1.29 is 5.11 Å². The molecule has 0 amide bonds. The molecule has 1 aromatic rings. The minimum absolute atomic E-state index is 0.189. The van der Waals surface area contributed by atoms with Crippen LogP contribution in [0.25, 0.3) is 0 Å². The van der Waals surface area contributed by atoms with Gasteiger partial charge in [-0.2, -0.15) is 0 Å². The second kappa shape index (κ2) is 4.56. The highest BCUT2D eigenvalue weighted by molar-refractivity contribution is 5.20. The van der Waals surface area contributed by atoms with Crippen LogP contribution in [0.5, 0.6) is 0 Å². The first-order chi connectivity index (χ1) is 7.61. The summed E-state index contributed by atoms with van der Waals surface area (Å²) < 4.78 is 0. The monoisotopic (exact) mass is 219 g/mol. The maximum Gasteiger partial charge on any atom is 0.0730 e. The van der Waals surface area contributed by atoms with Gasteiger partial charge in [-0.1, -0.05) is 44.2 Å². The quantitative estimate of drug-likeness (QED) is 0.786. The Morgan fingerprint density at radius 3 is 2.38 bits per heavy atom. The van der Waals surface area contributed by atoms with Gasteiger partial charge in [-0.15, -0.1) is 0 Å². The standard InChI is InChI=1S/C14H21NO/c1-10(2)14(16)13-9-15(13)11(3)12-7-5-4-6-8-12/h4-8,10-11,13-14,16H,9H2,1-3H3. The Morgan fingerprint density at radius 1 is 1.19 bits per heavy atom. The lowest BCUT2D eigenvalue weighted by atomic mass is 10.0. The maximum atomic E-state index is 9.99. The summed E-state index contributed by atoms with van der Waals surface area (Å²) >= 11 is 0. The highest BCUT2D eigenvalue weighted by Gasteiger charge is 2.43. The Morgan fingerprint density at radius 2 is 1.81 bits per heavy atom. The smallest absolute Gasteiger partial charge is 0.0730 e. The molecule has 0 spiro atoms. The van der Waals surface area contributed by atoms with Gasteiger partial charge in [0.1, 0.15) is 0 Å². The zero-order chi connectivity index (χ0) is 11.7. The van der Waals surface area contributed by atoms with Crippen molar-refractivity contribution in [2.45, 2.75) is 39.0 Å². The topological polar surface area (TPSA) is 23.2 Å². The van der Waals surface area contributed by atoms with Crippen LogP contribution in [0.15, 0.2) is 30.3 Å². The number of rotatable bonds is 4. The van der Waals surface area contributed by atoms with Gasteiger partial charge in [-0.05, 0) is 18.4 Å². The first kappa shape index (κ1) is 11.6. The van der Waals surface area contributed by atoms with E-state index in [1.807, 2.05) is 6.07 Å². The van der Waals surface area contributed by atoms with Gasteiger partial charge in [0, 0.05) is 18.6 Å². The molecule has 0 aromatic heterocycles. The Labute approximate surface area is 97.9 Å². The fourth-order valence-corrected chi connectivity index (χ4v) is 2.29.